The second kappa shape index (κ2) is 5.52. The van der Waals surface area contributed by atoms with E-state index in [0.717, 1.165) is 25.7 Å². The minimum atomic E-state index is -3.51. The summed E-state index contributed by atoms with van der Waals surface area (Å²) in [5.41, 5.74) is -0.134. The minimum absolute atomic E-state index is 0.0369. The first-order valence-corrected chi connectivity index (χ1v) is 9.02. The van der Waals surface area contributed by atoms with Crippen molar-refractivity contribution in [2.24, 2.45) is 16.7 Å². The molecule has 2 fully saturated rings. The van der Waals surface area contributed by atoms with Gasteiger partial charge in [-0.25, -0.2) is 17.9 Å². The summed E-state index contributed by atoms with van der Waals surface area (Å²) >= 11 is 0. The van der Waals surface area contributed by atoms with Gasteiger partial charge in [-0.15, -0.1) is 0 Å². The van der Waals surface area contributed by atoms with Crippen molar-refractivity contribution in [2.45, 2.75) is 45.6 Å². The quantitative estimate of drug-likeness (QED) is 0.736. The predicted molar refractivity (Wildman–Crippen MR) is 78.4 cm³/mol. The normalized spacial score (nSPS) is 32.2. The van der Waals surface area contributed by atoms with E-state index in [1.54, 1.807) is 0 Å². The van der Waals surface area contributed by atoms with Crippen molar-refractivity contribution in [1.82, 2.24) is 4.72 Å². The third-order valence-corrected chi connectivity index (χ3v) is 7.38. The summed E-state index contributed by atoms with van der Waals surface area (Å²) in [6, 6.07) is 0. The van der Waals surface area contributed by atoms with Crippen LogP contribution in [0.4, 0.5) is 0 Å². The molecule has 0 saturated heterocycles. The van der Waals surface area contributed by atoms with Crippen LogP contribution in [0.25, 0.3) is 0 Å². The number of carboxylic acids is 1. The Bertz CT molecular complexity index is 505. The first kappa shape index (κ1) is 16.7. The van der Waals surface area contributed by atoms with Crippen LogP contribution in [0.1, 0.15) is 39.5 Å². The van der Waals surface area contributed by atoms with Gasteiger partial charge in [0.15, 0.2) is 6.10 Å². The molecule has 0 radical (unpaired) electrons. The number of carbonyl (C=O) groups is 1. The molecule has 0 aromatic heterocycles. The molecule has 2 saturated carbocycles. The second-order valence-electron chi connectivity index (χ2n) is 6.95. The number of ether oxygens (including phenoxy) is 1. The Morgan fingerprint density at radius 1 is 1.38 bits per heavy atom. The number of rotatable bonds is 7. The van der Waals surface area contributed by atoms with E-state index < -0.39 is 22.1 Å². The number of aliphatic carboxylic acids is 1. The molecule has 1 atom stereocenters. The molecule has 0 heterocycles. The standard InChI is InChI=1S/C14H25NO5S/c1-13(2)10-4-6-14(13,7-5-10)9-21(18,19)15-8-11(20-3)12(16)17/h10-11,15H,4-9H2,1-3H3,(H,16,17)/t10?,11-,14?/m0/s1. The van der Waals surface area contributed by atoms with Crippen LogP contribution in [-0.2, 0) is 19.6 Å². The van der Waals surface area contributed by atoms with Gasteiger partial charge in [-0.1, -0.05) is 13.8 Å². The van der Waals surface area contributed by atoms with Crippen LogP contribution < -0.4 is 4.72 Å². The molecule has 2 N–H and O–H groups in total. The first-order valence-electron chi connectivity index (χ1n) is 7.36. The van der Waals surface area contributed by atoms with Crippen LogP contribution in [0, 0.1) is 16.7 Å². The highest BCUT2D eigenvalue weighted by Crippen LogP contribution is 2.66. The molecule has 0 unspecified atom stereocenters. The van der Waals surface area contributed by atoms with Gasteiger partial charge in [0.1, 0.15) is 0 Å². The number of hydrogen-bond donors (Lipinski definition) is 2. The fourth-order valence-electron chi connectivity index (χ4n) is 4.19. The maximum Gasteiger partial charge on any atom is 0.334 e. The summed E-state index contributed by atoms with van der Waals surface area (Å²) in [5.74, 6) is -0.474. The zero-order valence-corrected chi connectivity index (χ0v) is 13.7. The number of fused-ring (bicyclic) bond motifs is 2. The van der Waals surface area contributed by atoms with E-state index in [1.807, 2.05) is 0 Å². The molecule has 2 bridgehead atoms. The number of carboxylic acid groups (broad SMARTS) is 1. The van der Waals surface area contributed by atoms with Crippen LogP contribution in [0.15, 0.2) is 0 Å². The summed E-state index contributed by atoms with van der Waals surface area (Å²) < 4.78 is 31.8. The van der Waals surface area contributed by atoms with Gasteiger partial charge < -0.3 is 9.84 Å². The fourth-order valence-corrected chi connectivity index (χ4v) is 6.08. The van der Waals surface area contributed by atoms with Gasteiger partial charge in [0.05, 0.1) is 5.75 Å². The van der Waals surface area contributed by atoms with E-state index >= 15 is 0 Å². The molecular weight excluding hydrogens is 294 g/mol. The number of nitrogens with one attached hydrogen (secondary N) is 1. The van der Waals surface area contributed by atoms with Crippen molar-refractivity contribution in [3.63, 3.8) is 0 Å². The van der Waals surface area contributed by atoms with E-state index in [-0.39, 0.29) is 23.1 Å². The van der Waals surface area contributed by atoms with Crippen molar-refractivity contribution < 1.29 is 23.1 Å². The lowest BCUT2D eigenvalue weighted by Crippen LogP contribution is -2.44. The van der Waals surface area contributed by atoms with Gasteiger partial charge in [-0.3, -0.25) is 0 Å². The van der Waals surface area contributed by atoms with Gasteiger partial charge in [-0.2, -0.15) is 0 Å². The Kier molecular flexibility index (Phi) is 4.39. The van der Waals surface area contributed by atoms with E-state index in [0.29, 0.717) is 5.92 Å². The van der Waals surface area contributed by atoms with E-state index in [9.17, 15) is 13.2 Å². The van der Waals surface area contributed by atoms with Gasteiger partial charge in [0.2, 0.25) is 10.0 Å². The van der Waals surface area contributed by atoms with Crippen molar-refractivity contribution in [1.29, 1.82) is 0 Å². The average molecular weight is 319 g/mol. The van der Waals surface area contributed by atoms with Crippen LogP contribution in [-0.4, -0.2) is 45.0 Å². The SMILES string of the molecule is CO[C@@H](CNS(=O)(=O)CC12CCC(CC1)C2(C)C)C(=O)O. The third kappa shape index (κ3) is 2.96. The van der Waals surface area contributed by atoms with E-state index in [1.165, 1.54) is 7.11 Å². The van der Waals surface area contributed by atoms with E-state index in [2.05, 4.69) is 18.6 Å². The highest BCUT2D eigenvalue weighted by molar-refractivity contribution is 7.89. The van der Waals surface area contributed by atoms with Crippen LogP contribution in [0.3, 0.4) is 0 Å². The summed E-state index contributed by atoms with van der Waals surface area (Å²) in [6.07, 6.45) is 2.93. The summed E-state index contributed by atoms with van der Waals surface area (Å²) in [7, 11) is -2.25. The number of sulfonamides is 1. The van der Waals surface area contributed by atoms with Gasteiger partial charge >= 0.3 is 5.97 Å². The van der Waals surface area contributed by atoms with Crippen molar-refractivity contribution in [2.75, 3.05) is 19.4 Å². The Morgan fingerprint density at radius 2 is 1.95 bits per heavy atom. The Labute approximate surface area is 126 Å². The third-order valence-electron chi connectivity index (χ3n) is 5.85. The molecule has 0 aliphatic heterocycles. The molecule has 2 rings (SSSR count). The summed E-state index contributed by atoms with van der Waals surface area (Å²) in [4.78, 5) is 10.9. The molecule has 0 spiro atoms. The Balaban J connectivity index is 2.03. The van der Waals surface area contributed by atoms with E-state index in [4.69, 9.17) is 9.84 Å². The minimum Gasteiger partial charge on any atom is -0.479 e. The molecule has 2 aliphatic carbocycles. The zero-order chi connectivity index (χ0) is 15.9. The molecule has 2 aliphatic rings. The van der Waals surface area contributed by atoms with Crippen molar-refractivity contribution >= 4 is 16.0 Å². The maximum absolute atomic E-state index is 12.3. The average Bonchev–Trinajstić information content (AvgIpc) is 2.74. The smallest absolute Gasteiger partial charge is 0.334 e. The van der Waals surface area contributed by atoms with Crippen LogP contribution in [0.2, 0.25) is 0 Å². The number of methoxy groups -OCH3 is 1. The zero-order valence-electron chi connectivity index (χ0n) is 12.9. The monoisotopic (exact) mass is 319 g/mol. The Hall–Kier alpha value is -0.660. The summed E-state index contributed by atoms with van der Waals surface area (Å²) in [5, 5.41) is 8.88. The van der Waals surface area contributed by atoms with Crippen molar-refractivity contribution in [3.8, 4) is 0 Å². The predicted octanol–water partition coefficient (Wildman–Crippen LogP) is 1.22. The number of hydrogen-bond acceptors (Lipinski definition) is 4. The molecular formula is C14H25NO5S. The molecule has 0 aromatic rings. The van der Waals surface area contributed by atoms with Crippen LogP contribution >= 0.6 is 0 Å². The molecule has 122 valence electrons. The Morgan fingerprint density at radius 3 is 2.33 bits per heavy atom. The second-order valence-corrected chi connectivity index (χ2v) is 8.75. The molecule has 0 amide bonds. The first-order chi connectivity index (χ1) is 9.63. The highest BCUT2D eigenvalue weighted by Gasteiger charge is 2.59. The largest absolute Gasteiger partial charge is 0.479 e. The van der Waals surface area contributed by atoms with Crippen molar-refractivity contribution in [3.05, 3.63) is 0 Å². The van der Waals surface area contributed by atoms with Crippen LogP contribution in [0.5, 0.6) is 0 Å². The summed E-state index contributed by atoms with van der Waals surface area (Å²) in [6.45, 7) is 4.11. The lowest BCUT2D eigenvalue weighted by molar-refractivity contribution is -0.147. The molecule has 6 nitrogen and oxygen atoms in total. The fraction of sp³-hybridized carbons (Fsp3) is 0.929. The van der Waals surface area contributed by atoms with Gasteiger partial charge in [0.25, 0.3) is 0 Å². The lowest BCUT2D eigenvalue weighted by atomic mass is 9.71. The highest BCUT2D eigenvalue weighted by atomic mass is 32.2. The van der Waals surface area contributed by atoms with Gasteiger partial charge in [0, 0.05) is 13.7 Å². The maximum atomic E-state index is 12.3. The van der Waals surface area contributed by atoms with Gasteiger partial charge in [-0.05, 0) is 42.4 Å². The molecule has 7 heteroatoms. The lowest BCUT2D eigenvalue weighted by Gasteiger charge is -2.37. The topological polar surface area (TPSA) is 92.7 Å². The molecule has 0 aromatic carbocycles. The molecule has 21 heavy (non-hydrogen) atoms.